The minimum Gasteiger partial charge on any atom is -0.497 e. The van der Waals surface area contributed by atoms with Crippen molar-refractivity contribution in [1.29, 1.82) is 0 Å². The third-order valence-electron chi connectivity index (χ3n) is 3.72. The SMILES string of the molecule is COc1ccc(S(=O)(=O)N2CCC[C@H](C=O)C2)c(C(F)(F)F)c1. The Morgan fingerprint density at radius 1 is 1.35 bits per heavy atom. The molecule has 0 spiro atoms. The van der Waals surface area contributed by atoms with Gasteiger partial charge in [0.2, 0.25) is 10.0 Å². The number of ether oxygens (including phenoxy) is 1. The Morgan fingerprint density at radius 3 is 2.61 bits per heavy atom. The summed E-state index contributed by atoms with van der Waals surface area (Å²) in [6.45, 7) is -0.00877. The number of carbonyl (C=O) groups excluding carboxylic acids is 1. The molecule has 0 aromatic heterocycles. The van der Waals surface area contributed by atoms with Gasteiger partial charge >= 0.3 is 6.18 Å². The Labute approximate surface area is 132 Å². The number of halogens is 3. The second-order valence-electron chi connectivity index (χ2n) is 5.26. The smallest absolute Gasteiger partial charge is 0.417 e. The van der Waals surface area contributed by atoms with Crippen LogP contribution in [0.15, 0.2) is 23.1 Å². The van der Waals surface area contributed by atoms with Crippen LogP contribution in [0.3, 0.4) is 0 Å². The molecule has 0 aliphatic carbocycles. The van der Waals surface area contributed by atoms with Gasteiger partial charge in [-0.25, -0.2) is 8.42 Å². The maximum Gasteiger partial charge on any atom is 0.417 e. The Kier molecular flexibility index (Phi) is 5.00. The van der Waals surface area contributed by atoms with E-state index in [1.165, 1.54) is 13.2 Å². The molecular formula is C14H16F3NO4S. The second kappa shape index (κ2) is 6.48. The molecule has 0 saturated carbocycles. The van der Waals surface area contributed by atoms with E-state index in [0.717, 1.165) is 10.4 Å². The Hall–Kier alpha value is -1.61. The minimum absolute atomic E-state index is 0.0827. The summed E-state index contributed by atoms with van der Waals surface area (Å²) in [7, 11) is -3.15. The summed E-state index contributed by atoms with van der Waals surface area (Å²) in [5, 5.41) is 0. The summed E-state index contributed by atoms with van der Waals surface area (Å²) in [5.74, 6) is -0.577. The van der Waals surface area contributed by atoms with Gasteiger partial charge in [-0.3, -0.25) is 0 Å². The molecule has 0 N–H and O–H groups in total. The van der Waals surface area contributed by atoms with Gasteiger partial charge in [0.15, 0.2) is 0 Å². The van der Waals surface area contributed by atoms with Crippen LogP contribution in [0.1, 0.15) is 18.4 Å². The van der Waals surface area contributed by atoms with Gasteiger partial charge < -0.3 is 9.53 Å². The van der Waals surface area contributed by atoms with Crippen molar-refractivity contribution in [2.24, 2.45) is 5.92 Å². The standard InChI is InChI=1S/C14H16F3NO4S/c1-22-11-4-5-13(12(7-11)14(15,16)17)23(20,21)18-6-2-3-10(8-18)9-19/h4-5,7,9-10H,2-3,6,8H2,1H3/t10-/m0/s1. The molecule has 9 heteroatoms. The number of sulfonamides is 1. The Morgan fingerprint density at radius 2 is 2.04 bits per heavy atom. The largest absolute Gasteiger partial charge is 0.497 e. The van der Waals surface area contributed by atoms with Crippen molar-refractivity contribution >= 4 is 16.3 Å². The number of hydrogen-bond acceptors (Lipinski definition) is 4. The molecule has 2 rings (SSSR count). The number of alkyl halides is 3. The van der Waals surface area contributed by atoms with Crippen molar-refractivity contribution in [2.75, 3.05) is 20.2 Å². The van der Waals surface area contributed by atoms with Gasteiger partial charge in [-0.15, -0.1) is 0 Å². The van der Waals surface area contributed by atoms with Crippen LogP contribution in [-0.2, 0) is 21.0 Å². The number of methoxy groups -OCH3 is 1. The quantitative estimate of drug-likeness (QED) is 0.781. The highest BCUT2D eigenvalue weighted by molar-refractivity contribution is 7.89. The summed E-state index contributed by atoms with van der Waals surface area (Å²) in [6, 6.07) is 2.72. The van der Waals surface area contributed by atoms with Crippen LogP contribution in [0, 0.1) is 5.92 Å². The van der Waals surface area contributed by atoms with Crippen molar-refractivity contribution in [3.05, 3.63) is 23.8 Å². The zero-order chi connectivity index (χ0) is 17.3. The topological polar surface area (TPSA) is 63.7 Å². The van der Waals surface area contributed by atoms with E-state index in [0.29, 0.717) is 25.2 Å². The van der Waals surface area contributed by atoms with Crippen molar-refractivity contribution in [3.63, 3.8) is 0 Å². The molecule has 1 aliphatic rings. The number of nitrogens with zero attached hydrogens (tertiary/aromatic N) is 1. The highest BCUT2D eigenvalue weighted by Gasteiger charge is 2.40. The summed E-state index contributed by atoms with van der Waals surface area (Å²) in [4.78, 5) is 10.0. The maximum absolute atomic E-state index is 13.2. The van der Waals surface area contributed by atoms with Crippen LogP contribution in [0.25, 0.3) is 0 Å². The number of rotatable bonds is 4. The predicted octanol–water partition coefficient (Wildman–Crippen LogP) is 2.31. The molecular weight excluding hydrogens is 335 g/mol. The number of aldehydes is 1. The van der Waals surface area contributed by atoms with E-state index in [1.54, 1.807) is 0 Å². The molecule has 1 atom stereocenters. The lowest BCUT2D eigenvalue weighted by Gasteiger charge is -2.30. The van der Waals surface area contributed by atoms with Crippen LogP contribution in [-0.4, -0.2) is 39.2 Å². The molecule has 0 amide bonds. The molecule has 0 radical (unpaired) electrons. The summed E-state index contributed by atoms with van der Waals surface area (Å²) in [6.07, 6.45) is -3.23. The maximum atomic E-state index is 13.2. The number of piperidine rings is 1. The lowest BCUT2D eigenvalue weighted by molar-refractivity contribution is -0.140. The van der Waals surface area contributed by atoms with Crippen molar-refractivity contribution in [2.45, 2.75) is 23.9 Å². The third kappa shape index (κ3) is 3.66. The lowest BCUT2D eigenvalue weighted by atomic mass is 10.0. The first kappa shape index (κ1) is 17.7. The zero-order valence-corrected chi connectivity index (χ0v) is 13.2. The molecule has 5 nitrogen and oxygen atoms in total. The number of carbonyl (C=O) groups is 1. The monoisotopic (exact) mass is 351 g/mol. The van der Waals surface area contributed by atoms with Gasteiger partial charge in [0, 0.05) is 19.0 Å². The normalized spacial score (nSPS) is 20.3. The molecule has 1 aliphatic heterocycles. The predicted molar refractivity (Wildman–Crippen MR) is 75.5 cm³/mol. The Bertz CT molecular complexity index is 688. The van der Waals surface area contributed by atoms with E-state index in [9.17, 15) is 26.4 Å². The minimum atomic E-state index is -4.84. The van der Waals surface area contributed by atoms with Crippen LogP contribution in [0.5, 0.6) is 5.75 Å². The summed E-state index contributed by atoms with van der Waals surface area (Å²) in [5.41, 5.74) is -1.27. The highest BCUT2D eigenvalue weighted by Crippen LogP contribution is 2.38. The molecule has 1 saturated heterocycles. The molecule has 1 heterocycles. The first-order valence-corrected chi connectivity index (χ1v) is 8.35. The fourth-order valence-electron chi connectivity index (χ4n) is 2.52. The van der Waals surface area contributed by atoms with Crippen LogP contribution >= 0.6 is 0 Å². The van der Waals surface area contributed by atoms with E-state index < -0.39 is 32.6 Å². The first-order valence-electron chi connectivity index (χ1n) is 6.91. The van der Waals surface area contributed by atoms with Crippen LogP contribution < -0.4 is 4.74 Å². The molecule has 1 fully saturated rings. The zero-order valence-electron chi connectivity index (χ0n) is 12.3. The second-order valence-corrected chi connectivity index (χ2v) is 7.17. The average molecular weight is 351 g/mol. The van der Waals surface area contributed by atoms with E-state index in [1.807, 2.05) is 0 Å². The first-order chi connectivity index (χ1) is 10.7. The summed E-state index contributed by atoms with van der Waals surface area (Å²) >= 11 is 0. The third-order valence-corrected chi connectivity index (χ3v) is 5.65. The fraction of sp³-hybridized carbons (Fsp3) is 0.500. The van der Waals surface area contributed by atoms with Crippen LogP contribution in [0.2, 0.25) is 0 Å². The molecule has 128 valence electrons. The van der Waals surface area contributed by atoms with Gasteiger partial charge in [-0.2, -0.15) is 17.5 Å². The van der Waals surface area contributed by atoms with E-state index in [4.69, 9.17) is 4.74 Å². The Balaban J connectivity index is 2.49. The summed E-state index contributed by atoms with van der Waals surface area (Å²) < 4.78 is 70.5. The lowest BCUT2D eigenvalue weighted by Crippen LogP contribution is -2.40. The van der Waals surface area contributed by atoms with E-state index in [-0.39, 0.29) is 18.8 Å². The van der Waals surface area contributed by atoms with Gasteiger partial charge in [-0.1, -0.05) is 0 Å². The molecule has 1 aromatic carbocycles. The van der Waals surface area contributed by atoms with Crippen molar-refractivity contribution in [1.82, 2.24) is 4.31 Å². The fourth-order valence-corrected chi connectivity index (χ4v) is 4.25. The van der Waals surface area contributed by atoms with Gasteiger partial charge in [0.05, 0.1) is 17.6 Å². The van der Waals surface area contributed by atoms with Crippen LogP contribution in [0.4, 0.5) is 13.2 Å². The van der Waals surface area contributed by atoms with Crippen molar-refractivity contribution < 1.29 is 31.1 Å². The van der Waals surface area contributed by atoms with Gasteiger partial charge in [0.25, 0.3) is 0 Å². The average Bonchev–Trinajstić information content (AvgIpc) is 2.53. The highest BCUT2D eigenvalue weighted by atomic mass is 32.2. The number of hydrogen-bond donors (Lipinski definition) is 0. The van der Waals surface area contributed by atoms with Crippen molar-refractivity contribution in [3.8, 4) is 5.75 Å². The molecule has 1 aromatic rings. The molecule has 0 bridgehead atoms. The van der Waals surface area contributed by atoms with E-state index >= 15 is 0 Å². The molecule has 23 heavy (non-hydrogen) atoms. The number of benzene rings is 1. The molecule has 0 unspecified atom stereocenters. The van der Waals surface area contributed by atoms with Gasteiger partial charge in [0.1, 0.15) is 12.0 Å². The van der Waals surface area contributed by atoms with E-state index in [2.05, 4.69) is 0 Å². The van der Waals surface area contributed by atoms with Gasteiger partial charge in [-0.05, 0) is 31.0 Å².